The molecule has 0 aliphatic heterocycles. The molecule has 5 nitrogen and oxygen atoms in total. The van der Waals surface area contributed by atoms with Crippen molar-refractivity contribution < 1.29 is 9.59 Å². The lowest BCUT2D eigenvalue weighted by atomic mass is 10.1. The summed E-state index contributed by atoms with van der Waals surface area (Å²) < 4.78 is 0.916. The summed E-state index contributed by atoms with van der Waals surface area (Å²) in [7, 11) is 0. The minimum Gasteiger partial charge on any atom is -0.326 e. The number of nitrogens with one attached hydrogen (secondary N) is 2. The molecule has 2 amide bonds. The van der Waals surface area contributed by atoms with Crippen LogP contribution in [0.3, 0.4) is 0 Å². The maximum atomic E-state index is 12.1. The first-order chi connectivity index (χ1) is 11.6. The molecule has 0 atom stereocenters. The Hall–Kier alpha value is -2.73. The van der Waals surface area contributed by atoms with E-state index in [9.17, 15) is 9.59 Å². The molecule has 6 heteroatoms. The van der Waals surface area contributed by atoms with Crippen molar-refractivity contribution >= 4 is 44.2 Å². The summed E-state index contributed by atoms with van der Waals surface area (Å²) in [5.41, 5.74) is 2.68. The molecule has 0 aliphatic rings. The molecule has 0 saturated carbocycles. The van der Waals surface area contributed by atoms with Crippen molar-refractivity contribution in [2.45, 2.75) is 19.8 Å². The number of benzene rings is 2. The molecular weight excluding hydrogens is 322 g/mol. The predicted molar refractivity (Wildman–Crippen MR) is 97.3 cm³/mol. The van der Waals surface area contributed by atoms with Crippen molar-refractivity contribution in [1.29, 1.82) is 0 Å². The lowest BCUT2D eigenvalue weighted by molar-refractivity contribution is -0.116. The van der Waals surface area contributed by atoms with Gasteiger partial charge in [0.2, 0.25) is 11.8 Å². The highest BCUT2D eigenvalue weighted by Crippen LogP contribution is 2.28. The molecule has 0 unspecified atom stereocenters. The van der Waals surface area contributed by atoms with E-state index in [4.69, 9.17) is 0 Å². The number of carbonyl (C=O) groups is 2. The van der Waals surface area contributed by atoms with Crippen LogP contribution in [0.5, 0.6) is 0 Å². The van der Waals surface area contributed by atoms with Crippen LogP contribution < -0.4 is 10.6 Å². The van der Waals surface area contributed by atoms with E-state index in [0.29, 0.717) is 18.0 Å². The number of aromatic nitrogens is 1. The van der Waals surface area contributed by atoms with E-state index in [-0.39, 0.29) is 11.8 Å². The Bertz CT molecular complexity index is 874. The molecule has 0 fully saturated rings. The van der Waals surface area contributed by atoms with Crippen LogP contribution >= 0.6 is 11.3 Å². The second-order valence-electron chi connectivity index (χ2n) is 5.42. The number of carbonyl (C=O) groups excluding carboxylic acids is 2. The van der Waals surface area contributed by atoms with Gasteiger partial charge in [-0.2, -0.15) is 0 Å². The zero-order valence-corrected chi connectivity index (χ0v) is 14.0. The molecule has 0 bridgehead atoms. The second kappa shape index (κ2) is 7.23. The summed E-state index contributed by atoms with van der Waals surface area (Å²) in [4.78, 5) is 27.5. The van der Waals surface area contributed by atoms with Crippen LogP contribution in [0.15, 0.2) is 48.5 Å². The number of fused-ring (bicyclic) bond motifs is 1. The van der Waals surface area contributed by atoms with Crippen LogP contribution in [0.2, 0.25) is 0 Å². The van der Waals surface area contributed by atoms with Crippen molar-refractivity contribution in [2.24, 2.45) is 0 Å². The van der Waals surface area contributed by atoms with E-state index in [2.05, 4.69) is 15.6 Å². The highest BCUT2D eigenvalue weighted by molar-refractivity contribution is 7.22. The number of hydrogen-bond acceptors (Lipinski definition) is 4. The van der Waals surface area contributed by atoms with Crippen LogP contribution in [0.25, 0.3) is 10.2 Å². The summed E-state index contributed by atoms with van der Waals surface area (Å²) in [6, 6.07) is 15.5. The van der Waals surface area contributed by atoms with E-state index in [1.807, 2.05) is 48.5 Å². The summed E-state index contributed by atoms with van der Waals surface area (Å²) in [6.07, 6.45) is 1.14. The van der Waals surface area contributed by atoms with Gasteiger partial charge in [-0.3, -0.25) is 9.59 Å². The first-order valence-electron chi connectivity index (χ1n) is 7.62. The van der Waals surface area contributed by atoms with Crippen LogP contribution in [0.1, 0.15) is 18.9 Å². The number of nitrogens with zero attached hydrogens (tertiary/aromatic N) is 1. The van der Waals surface area contributed by atoms with Gasteiger partial charge in [0.15, 0.2) is 5.13 Å². The summed E-state index contributed by atoms with van der Waals surface area (Å²) in [5, 5.41) is 6.14. The molecule has 0 radical (unpaired) electrons. The maximum Gasteiger partial charge on any atom is 0.224 e. The first kappa shape index (κ1) is 16.1. The molecule has 0 spiro atoms. The number of amides is 2. The Morgan fingerprint density at radius 1 is 1.08 bits per heavy atom. The van der Waals surface area contributed by atoms with Gasteiger partial charge < -0.3 is 10.6 Å². The number of anilines is 2. The van der Waals surface area contributed by atoms with Crippen LogP contribution in [-0.2, 0) is 16.0 Å². The lowest BCUT2D eigenvalue weighted by Gasteiger charge is -2.05. The van der Waals surface area contributed by atoms with E-state index in [1.54, 1.807) is 0 Å². The van der Waals surface area contributed by atoms with Crippen molar-refractivity contribution in [2.75, 3.05) is 10.6 Å². The third-order valence-corrected chi connectivity index (χ3v) is 4.37. The average molecular weight is 339 g/mol. The molecule has 0 saturated heterocycles. The van der Waals surface area contributed by atoms with E-state index in [0.717, 1.165) is 21.5 Å². The van der Waals surface area contributed by atoms with Gasteiger partial charge in [0, 0.05) is 19.0 Å². The van der Waals surface area contributed by atoms with Gasteiger partial charge in [0.25, 0.3) is 0 Å². The predicted octanol–water partition coefficient (Wildman–Crippen LogP) is 3.83. The highest BCUT2D eigenvalue weighted by atomic mass is 32.1. The van der Waals surface area contributed by atoms with E-state index >= 15 is 0 Å². The van der Waals surface area contributed by atoms with Gasteiger partial charge in [0.1, 0.15) is 0 Å². The number of hydrogen-bond donors (Lipinski definition) is 2. The van der Waals surface area contributed by atoms with Gasteiger partial charge in [-0.1, -0.05) is 41.7 Å². The number of aryl methyl sites for hydroxylation is 1. The molecule has 2 N–H and O–H groups in total. The Kier molecular flexibility index (Phi) is 4.86. The fourth-order valence-electron chi connectivity index (χ4n) is 2.33. The smallest absolute Gasteiger partial charge is 0.224 e. The van der Waals surface area contributed by atoms with Gasteiger partial charge in [-0.15, -0.1) is 0 Å². The number of rotatable bonds is 5. The Labute approximate surface area is 143 Å². The Morgan fingerprint density at radius 3 is 2.62 bits per heavy atom. The van der Waals surface area contributed by atoms with Crippen molar-refractivity contribution in [3.05, 3.63) is 54.1 Å². The zero-order chi connectivity index (χ0) is 16.9. The molecule has 122 valence electrons. The van der Waals surface area contributed by atoms with Gasteiger partial charge in [-0.05, 0) is 30.2 Å². The van der Waals surface area contributed by atoms with Crippen LogP contribution in [0, 0.1) is 0 Å². The molecule has 3 aromatic rings. The second-order valence-corrected chi connectivity index (χ2v) is 6.45. The molecule has 1 aromatic heterocycles. The highest BCUT2D eigenvalue weighted by Gasteiger charge is 2.08. The number of thiazole rings is 1. The van der Waals surface area contributed by atoms with Gasteiger partial charge in [-0.25, -0.2) is 4.98 Å². The summed E-state index contributed by atoms with van der Waals surface area (Å²) in [6.45, 7) is 1.45. The van der Waals surface area contributed by atoms with E-state index in [1.165, 1.54) is 18.3 Å². The SMILES string of the molecule is CC(=O)Nc1nc2ccc(NC(=O)CCc3ccccc3)cc2s1. The quantitative estimate of drug-likeness (QED) is 0.742. The normalized spacial score (nSPS) is 10.5. The minimum atomic E-state index is -0.150. The molecule has 2 aromatic carbocycles. The largest absolute Gasteiger partial charge is 0.326 e. The van der Waals surface area contributed by atoms with Crippen LogP contribution in [0.4, 0.5) is 10.8 Å². The fourth-order valence-corrected chi connectivity index (χ4v) is 3.28. The standard InChI is InChI=1S/C18H17N3O2S/c1-12(22)19-18-21-15-9-8-14(11-16(15)24-18)20-17(23)10-7-13-5-3-2-4-6-13/h2-6,8-9,11H,7,10H2,1H3,(H,20,23)(H,19,21,22). The van der Waals surface area contributed by atoms with Crippen molar-refractivity contribution in [3.63, 3.8) is 0 Å². The van der Waals surface area contributed by atoms with Gasteiger partial charge >= 0.3 is 0 Å². The third-order valence-electron chi connectivity index (χ3n) is 3.44. The lowest BCUT2D eigenvalue weighted by Crippen LogP contribution is -2.12. The third kappa shape index (κ3) is 4.17. The summed E-state index contributed by atoms with van der Waals surface area (Å²) >= 11 is 1.38. The monoisotopic (exact) mass is 339 g/mol. The topological polar surface area (TPSA) is 71.1 Å². The first-order valence-corrected chi connectivity index (χ1v) is 8.44. The molecule has 0 aliphatic carbocycles. The summed E-state index contributed by atoms with van der Waals surface area (Å²) in [5.74, 6) is -0.173. The van der Waals surface area contributed by atoms with Gasteiger partial charge in [0.05, 0.1) is 10.2 Å². The van der Waals surface area contributed by atoms with Crippen molar-refractivity contribution in [1.82, 2.24) is 4.98 Å². The van der Waals surface area contributed by atoms with Crippen molar-refractivity contribution in [3.8, 4) is 0 Å². The molecule has 24 heavy (non-hydrogen) atoms. The Morgan fingerprint density at radius 2 is 1.88 bits per heavy atom. The fraction of sp³-hybridized carbons (Fsp3) is 0.167. The average Bonchev–Trinajstić information content (AvgIpc) is 2.94. The van der Waals surface area contributed by atoms with Crippen LogP contribution in [-0.4, -0.2) is 16.8 Å². The minimum absolute atomic E-state index is 0.0233. The Balaban J connectivity index is 1.64. The maximum absolute atomic E-state index is 12.1. The molecular formula is C18H17N3O2S. The molecule has 3 rings (SSSR count). The van der Waals surface area contributed by atoms with E-state index < -0.39 is 0 Å². The zero-order valence-electron chi connectivity index (χ0n) is 13.2. The molecule has 1 heterocycles.